The number of aliphatic hydroxyl groups is 1. The Bertz CT molecular complexity index is 138. The molecule has 0 aromatic heterocycles. The van der Waals surface area contributed by atoms with Gasteiger partial charge >= 0.3 is 0 Å². The van der Waals surface area contributed by atoms with Crippen LogP contribution in [-0.2, 0) is 0 Å². The predicted molar refractivity (Wildman–Crippen MR) is 37.5 cm³/mol. The van der Waals surface area contributed by atoms with Crippen molar-refractivity contribution in [1.82, 2.24) is 0 Å². The van der Waals surface area contributed by atoms with Crippen LogP contribution >= 0.6 is 15.9 Å². The summed E-state index contributed by atoms with van der Waals surface area (Å²) < 4.78 is 10.7. The lowest BCUT2D eigenvalue weighted by Crippen LogP contribution is -2.09. The van der Waals surface area contributed by atoms with Gasteiger partial charge in [-0.1, -0.05) is 0 Å². The van der Waals surface area contributed by atoms with Crippen LogP contribution in [0.5, 0.6) is 0 Å². The summed E-state index contributed by atoms with van der Waals surface area (Å²) in [5, 5.41) is 15.2. The summed E-state index contributed by atoms with van der Waals surface area (Å²) in [7, 11) is 0. The Hall–Kier alpha value is -0.220. The normalized spacial score (nSPS) is 18.9. The van der Waals surface area contributed by atoms with Crippen LogP contribution in [0.2, 0.25) is 0 Å². The molecule has 0 spiro atoms. The van der Waals surface area contributed by atoms with Gasteiger partial charge in [0.05, 0.1) is 6.21 Å². The standard InChI is InChI=1S/C5H7BrFNO/c1-5(6,9)2-4(7)3-8/h2-3,8-9H,1H3/b4-2+,8-3?. The van der Waals surface area contributed by atoms with E-state index >= 15 is 0 Å². The van der Waals surface area contributed by atoms with E-state index in [-0.39, 0.29) is 0 Å². The van der Waals surface area contributed by atoms with Crippen molar-refractivity contribution in [2.24, 2.45) is 0 Å². The molecule has 0 aliphatic carbocycles. The molecule has 2 nitrogen and oxygen atoms in total. The highest BCUT2D eigenvalue weighted by Crippen LogP contribution is 2.15. The van der Waals surface area contributed by atoms with E-state index in [0.29, 0.717) is 6.21 Å². The second-order valence-electron chi connectivity index (χ2n) is 1.70. The number of nitrogens with one attached hydrogen (secondary N) is 1. The Morgan fingerprint density at radius 1 is 1.89 bits per heavy atom. The molecule has 0 bridgehead atoms. The Morgan fingerprint density at radius 3 is 2.44 bits per heavy atom. The van der Waals surface area contributed by atoms with E-state index in [0.717, 1.165) is 6.08 Å². The predicted octanol–water partition coefficient (Wildman–Crippen LogP) is 1.59. The molecule has 0 aromatic rings. The third-order valence-electron chi connectivity index (χ3n) is 0.539. The fraction of sp³-hybridized carbons (Fsp3) is 0.400. The lowest BCUT2D eigenvalue weighted by atomic mass is 10.3. The fourth-order valence-electron chi connectivity index (χ4n) is 0.293. The SMILES string of the molecule is CC(O)(Br)/C=C(/F)C=N. The minimum atomic E-state index is -1.35. The van der Waals surface area contributed by atoms with Gasteiger partial charge in [-0.05, 0) is 28.9 Å². The van der Waals surface area contributed by atoms with Gasteiger partial charge in [-0.15, -0.1) is 0 Å². The molecule has 2 N–H and O–H groups in total. The Balaban J connectivity index is 4.11. The molecule has 1 unspecified atom stereocenters. The number of hydrogen-bond donors (Lipinski definition) is 2. The quantitative estimate of drug-likeness (QED) is 0.511. The van der Waals surface area contributed by atoms with Gasteiger partial charge in [-0.2, -0.15) is 0 Å². The van der Waals surface area contributed by atoms with Gasteiger partial charge < -0.3 is 10.5 Å². The third kappa shape index (κ3) is 5.65. The van der Waals surface area contributed by atoms with Crippen LogP contribution in [0.1, 0.15) is 6.92 Å². The molecular weight excluding hydrogens is 189 g/mol. The summed E-state index contributed by atoms with van der Waals surface area (Å²) in [5.41, 5.74) is 0. The molecule has 4 heteroatoms. The summed E-state index contributed by atoms with van der Waals surface area (Å²) in [4.78, 5) is 0. The van der Waals surface area contributed by atoms with E-state index in [1.165, 1.54) is 6.92 Å². The average molecular weight is 196 g/mol. The average Bonchev–Trinajstić information content (AvgIpc) is 1.62. The first-order chi connectivity index (χ1) is 3.95. The molecule has 0 rings (SSSR count). The summed E-state index contributed by atoms with van der Waals surface area (Å²) >= 11 is 2.76. The second kappa shape index (κ2) is 3.08. The topological polar surface area (TPSA) is 44.1 Å². The molecule has 0 heterocycles. The molecule has 0 saturated heterocycles. The van der Waals surface area contributed by atoms with Gasteiger partial charge in [-0.25, -0.2) is 4.39 Å². The number of halogens is 2. The lowest BCUT2D eigenvalue weighted by Gasteiger charge is -2.06. The molecule has 0 fully saturated rings. The molecule has 1 atom stereocenters. The molecule has 0 aliphatic heterocycles. The number of rotatable bonds is 2. The van der Waals surface area contributed by atoms with E-state index in [9.17, 15) is 4.39 Å². The Morgan fingerprint density at radius 2 is 2.33 bits per heavy atom. The van der Waals surface area contributed by atoms with Crippen LogP contribution < -0.4 is 0 Å². The molecule has 0 amide bonds. The zero-order valence-electron chi connectivity index (χ0n) is 4.86. The molecular formula is C5H7BrFNO. The monoisotopic (exact) mass is 195 g/mol. The molecule has 0 aliphatic rings. The lowest BCUT2D eigenvalue weighted by molar-refractivity contribution is 0.214. The van der Waals surface area contributed by atoms with Gasteiger partial charge in [-0.3, -0.25) is 0 Å². The van der Waals surface area contributed by atoms with Gasteiger partial charge in [0, 0.05) is 0 Å². The van der Waals surface area contributed by atoms with Crippen LogP contribution in [-0.4, -0.2) is 15.8 Å². The highest BCUT2D eigenvalue weighted by atomic mass is 79.9. The molecule has 0 saturated carbocycles. The number of allylic oxidation sites excluding steroid dienone is 1. The Labute approximate surface area is 61.0 Å². The van der Waals surface area contributed by atoms with Crippen molar-refractivity contribution in [3.8, 4) is 0 Å². The third-order valence-corrected chi connectivity index (χ3v) is 0.768. The van der Waals surface area contributed by atoms with Crippen molar-refractivity contribution < 1.29 is 9.50 Å². The zero-order chi connectivity index (χ0) is 7.49. The maximum Gasteiger partial charge on any atom is 0.140 e. The van der Waals surface area contributed by atoms with Crippen molar-refractivity contribution in [2.75, 3.05) is 0 Å². The summed E-state index contributed by atoms with van der Waals surface area (Å²) in [5.74, 6) is -0.767. The second-order valence-corrected chi connectivity index (χ2v) is 3.30. The molecule has 0 radical (unpaired) electrons. The number of alkyl halides is 1. The highest BCUT2D eigenvalue weighted by Gasteiger charge is 2.11. The van der Waals surface area contributed by atoms with Crippen molar-refractivity contribution >= 4 is 22.1 Å². The molecule has 9 heavy (non-hydrogen) atoms. The van der Waals surface area contributed by atoms with Crippen LogP contribution in [0.25, 0.3) is 0 Å². The molecule has 0 aromatic carbocycles. The van der Waals surface area contributed by atoms with E-state index in [4.69, 9.17) is 10.5 Å². The Kier molecular flexibility index (Phi) is 3.00. The van der Waals surface area contributed by atoms with Crippen molar-refractivity contribution in [2.45, 2.75) is 11.4 Å². The van der Waals surface area contributed by atoms with E-state index in [2.05, 4.69) is 15.9 Å². The van der Waals surface area contributed by atoms with Gasteiger partial charge in [0.25, 0.3) is 0 Å². The minimum Gasteiger partial charge on any atom is -0.375 e. The smallest absolute Gasteiger partial charge is 0.140 e. The van der Waals surface area contributed by atoms with Gasteiger partial charge in [0.15, 0.2) is 0 Å². The van der Waals surface area contributed by atoms with Crippen LogP contribution in [0.3, 0.4) is 0 Å². The minimum absolute atomic E-state index is 0.524. The molecule has 52 valence electrons. The summed E-state index contributed by atoms with van der Waals surface area (Å²) in [6.07, 6.45) is 1.41. The van der Waals surface area contributed by atoms with E-state index in [1.54, 1.807) is 0 Å². The van der Waals surface area contributed by atoms with E-state index in [1.807, 2.05) is 0 Å². The first-order valence-corrected chi connectivity index (χ1v) is 3.05. The fourth-order valence-corrected chi connectivity index (χ4v) is 0.512. The summed E-state index contributed by atoms with van der Waals surface area (Å²) in [6, 6.07) is 0. The summed E-state index contributed by atoms with van der Waals surface area (Å²) in [6.45, 7) is 1.36. The van der Waals surface area contributed by atoms with Crippen LogP contribution in [0.15, 0.2) is 11.9 Å². The maximum atomic E-state index is 12.1. The maximum absolute atomic E-state index is 12.1. The first-order valence-electron chi connectivity index (χ1n) is 2.26. The zero-order valence-corrected chi connectivity index (χ0v) is 6.44. The highest BCUT2D eigenvalue weighted by molar-refractivity contribution is 9.10. The van der Waals surface area contributed by atoms with Gasteiger partial charge in [0.2, 0.25) is 0 Å². The van der Waals surface area contributed by atoms with Gasteiger partial charge in [0.1, 0.15) is 10.3 Å². The van der Waals surface area contributed by atoms with Crippen molar-refractivity contribution in [3.63, 3.8) is 0 Å². The van der Waals surface area contributed by atoms with E-state index < -0.39 is 10.3 Å². The largest absolute Gasteiger partial charge is 0.375 e. The number of hydrogen-bond acceptors (Lipinski definition) is 2. The van der Waals surface area contributed by atoms with Crippen LogP contribution in [0, 0.1) is 5.41 Å². The van der Waals surface area contributed by atoms with Crippen LogP contribution in [0.4, 0.5) is 4.39 Å². The van der Waals surface area contributed by atoms with Crippen molar-refractivity contribution in [1.29, 1.82) is 5.41 Å². The van der Waals surface area contributed by atoms with Crippen molar-refractivity contribution in [3.05, 3.63) is 11.9 Å². The first kappa shape index (κ1) is 8.78.